The Hall–Kier alpha value is -2.21. The Labute approximate surface area is 121 Å². The summed E-state index contributed by atoms with van der Waals surface area (Å²) >= 11 is 1.55. The molecule has 1 atom stereocenters. The van der Waals surface area contributed by atoms with Gasteiger partial charge in [0.05, 0.1) is 17.9 Å². The lowest BCUT2D eigenvalue weighted by molar-refractivity contribution is 0.862. The van der Waals surface area contributed by atoms with Crippen molar-refractivity contribution in [3.63, 3.8) is 0 Å². The Kier molecular flexibility index (Phi) is 3.47. The van der Waals surface area contributed by atoms with E-state index in [9.17, 15) is 0 Å². The normalized spacial score (nSPS) is 12.3. The molecule has 0 amide bonds. The fourth-order valence-corrected chi connectivity index (χ4v) is 2.58. The first-order valence-electron chi connectivity index (χ1n) is 6.39. The van der Waals surface area contributed by atoms with Crippen molar-refractivity contribution in [3.05, 3.63) is 53.3 Å². The van der Waals surface area contributed by atoms with Crippen molar-refractivity contribution in [2.24, 2.45) is 0 Å². The second kappa shape index (κ2) is 5.42. The summed E-state index contributed by atoms with van der Waals surface area (Å²) in [7, 11) is 0. The van der Waals surface area contributed by atoms with Crippen LogP contribution >= 0.6 is 11.3 Å². The number of aryl methyl sites for hydroxylation is 1. The number of para-hydroxylation sites is 1. The van der Waals surface area contributed by atoms with E-state index in [-0.39, 0.29) is 6.04 Å². The summed E-state index contributed by atoms with van der Waals surface area (Å²) in [6.45, 7) is 4.03. The largest absolute Gasteiger partial charge is 0.353 e. The molecule has 1 aromatic carbocycles. The fourth-order valence-electron chi connectivity index (χ4n) is 1.91. The average molecular weight is 285 g/mol. The SMILES string of the molecule is Cc1nnc(NC(C)c2cnn(-c3ccccc3)c2)s1. The molecule has 0 aliphatic heterocycles. The first-order chi connectivity index (χ1) is 9.72. The van der Waals surface area contributed by atoms with Gasteiger partial charge in [-0.1, -0.05) is 29.5 Å². The Morgan fingerprint density at radius 1 is 1.20 bits per heavy atom. The zero-order chi connectivity index (χ0) is 13.9. The van der Waals surface area contributed by atoms with Gasteiger partial charge in [0.2, 0.25) is 5.13 Å². The van der Waals surface area contributed by atoms with Crippen LogP contribution in [-0.4, -0.2) is 20.0 Å². The van der Waals surface area contributed by atoms with Gasteiger partial charge in [-0.3, -0.25) is 0 Å². The lowest BCUT2D eigenvalue weighted by atomic mass is 10.2. The summed E-state index contributed by atoms with van der Waals surface area (Å²) in [5.41, 5.74) is 2.17. The molecule has 2 aromatic heterocycles. The van der Waals surface area contributed by atoms with Gasteiger partial charge in [-0.25, -0.2) is 4.68 Å². The molecule has 0 aliphatic rings. The smallest absolute Gasteiger partial charge is 0.206 e. The highest BCUT2D eigenvalue weighted by molar-refractivity contribution is 7.15. The molecule has 0 aliphatic carbocycles. The molecule has 0 fully saturated rings. The minimum atomic E-state index is 0.139. The second-order valence-electron chi connectivity index (χ2n) is 4.55. The molecule has 3 rings (SSSR count). The summed E-state index contributed by atoms with van der Waals surface area (Å²) in [6.07, 6.45) is 3.90. The van der Waals surface area contributed by atoms with Crippen LogP contribution in [0.5, 0.6) is 0 Å². The molecule has 0 spiro atoms. The summed E-state index contributed by atoms with van der Waals surface area (Å²) in [6, 6.07) is 10.2. The third kappa shape index (κ3) is 2.70. The van der Waals surface area contributed by atoms with Crippen LogP contribution in [-0.2, 0) is 0 Å². The van der Waals surface area contributed by atoms with E-state index in [0.717, 1.165) is 21.4 Å². The van der Waals surface area contributed by atoms with E-state index in [1.54, 1.807) is 11.3 Å². The van der Waals surface area contributed by atoms with E-state index < -0.39 is 0 Å². The quantitative estimate of drug-likeness (QED) is 0.799. The zero-order valence-corrected chi connectivity index (χ0v) is 12.1. The van der Waals surface area contributed by atoms with Crippen molar-refractivity contribution in [2.75, 3.05) is 5.32 Å². The molecule has 0 saturated carbocycles. The first kappa shape index (κ1) is 12.8. The summed E-state index contributed by atoms with van der Waals surface area (Å²) in [4.78, 5) is 0. The lowest BCUT2D eigenvalue weighted by Crippen LogP contribution is -2.05. The van der Waals surface area contributed by atoms with Gasteiger partial charge in [0.25, 0.3) is 0 Å². The van der Waals surface area contributed by atoms with E-state index in [1.807, 2.05) is 54.3 Å². The minimum Gasteiger partial charge on any atom is -0.353 e. The van der Waals surface area contributed by atoms with Gasteiger partial charge < -0.3 is 5.32 Å². The van der Waals surface area contributed by atoms with Crippen LogP contribution in [0.15, 0.2) is 42.7 Å². The highest BCUT2D eigenvalue weighted by Gasteiger charge is 2.10. The number of nitrogens with one attached hydrogen (secondary N) is 1. The van der Waals surface area contributed by atoms with Crippen molar-refractivity contribution in [2.45, 2.75) is 19.9 Å². The molecular weight excluding hydrogens is 270 g/mol. The van der Waals surface area contributed by atoms with Crippen molar-refractivity contribution in [3.8, 4) is 5.69 Å². The number of hydrogen-bond acceptors (Lipinski definition) is 5. The molecule has 2 heterocycles. The number of rotatable bonds is 4. The molecular formula is C14H15N5S. The van der Waals surface area contributed by atoms with E-state index in [1.165, 1.54) is 0 Å². The van der Waals surface area contributed by atoms with Gasteiger partial charge >= 0.3 is 0 Å². The van der Waals surface area contributed by atoms with Gasteiger partial charge in [0.15, 0.2) is 0 Å². The van der Waals surface area contributed by atoms with Crippen LogP contribution < -0.4 is 5.32 Å². The van der Waals surface area contributed by atoms with Crippen molar-refractivity contribution >= 4 is 16.5 Å². The minimum absolute atomic E-state index is 0.139. The Morgan fingerprint density at radius 2 is 2.00 bits per heavy atom. The van der Waals surface area contributed by atoms with Crippen LogP contribution in [0, 0.1) is 6.92 Å². The maximum atomic E-state index is 4.40. The summed E-state index contributed by atoms with van der Waals surface area (Å²) < 4.78 is 1.87. The van der Waals surface area contributed by atoms with Gasteiger partial charge in [-0.05, 0) is 26.0 Å². The molecule has 6 heteroatoms. The summed E-state index contributed by atoms with van der Waals surface area (Å²) in [5, 5.41) is 17.6. The Morgan fingerprint density at radius 3 is 2.70 bits per heavy atom. The third-order valence-corrected chi connectivity index (χ3v) is 3.76. The first-order valence-corrected chi connectivity index (χ1v) is 7.20. The molecule has 0 bridgehead atoms. The number of nitrogens with zero attached hydrogens (tertiary/aromatic N) is 4. The average Bonchev–Trinajstić information content (AvgIpc) is 3.09. The van der Waals surface area contributed by atoms with E-state index in [0.29, 0.717) is 0 Å². The number of benzene rings is 1. The van der Waals surface area contributed by atoms with Crippen molar-refractivity contribution in [1.29, 1.82) is 0 Å². The van der Waals surface area contributed by atoms with Crippen LogP contribution in [0.2, 0.25) is 0 Å². The summed E-state index contributed by atoms with van der Waals surface area (Å²) in [5.74, 6) is 0. The van der Waals surface area contributed by atoms with Crippen molar-refractivity contribution in [1.82, 2.24) is 20.0 Å². The predicted molar refractivity (Wildman–Crippen MR) is 80.2 cm³/mol. The van der Waals surface area contributed by atoms with Crippen LogP contribution in [0.1, 0.15) is 23.5 Å². The maximum absolute atomic E-state index is 4.40. The highest BCUT2D eigenvalue weighted by atomic mass is 32.1. The van der Waals surface area contributed by atoms with E-state index >= 15 is 0 Å². The Balaban J connectivity index is 1.76. The van der Waals surface area contributed by atoms with Gasteiger partial charge in [-0.15, -0.1) is 10.2 Å². The van der Waals surface area contributed by atoms with Gasteiger partial charge in [0, 0.05) is 11.8 Å². The molecule has 0 saturated heterocycles. The molecule has 0 radical (unpaired) electrons. The zero-order valence-electron chi connectivity index (χ0n) is 11.3. The monoisotopic (exact) mass is 285 g/mol. The topological polar surface area (TPSA) is 55.6 Å². The molecule has 1 unspecified atom stereocenters. The second-order valence-corrected chi connectivity index (χ2v) is 5.73. The van der Waals surface area contributed by atoms with Crippen LogP contribution in [0.3, 0.4) is 0 Å². The standard InChI is InChI=1S/C14H15N5S/c1-10(16-14-18-17-11(2)20-14)12-8-15-19(9-12)13-6-4-3-5-7-13/h3-10H,1-2H3,(H,16,18). The highest BCUT2D eigenvalue weighted by Crippen LogP contribution is 2.22. The molecule has 3 aromatic rings. The van der Waals surface area contributed by atoms with Crippen LogP contribution in [0.25, 0.3) is 5.69 Å². The van der Waals surface area contributed by atoms with Crippen molar-refractivity contribution < 1.29 is 0 Å². The van der Waals surface area contributed by atoms with Gasteiger partial charge in [0.1, 0.15) is 5.01 Å². The number of anilines is 1. The Bertz CT molecular complexity index is 688. The van der Waals surface area contributed by atoms with Crippen LogP contribution in [0.4, 0.5) is 5.13 Å². The molecule has 102 valence electrons. The molecule has 5 nitrogen and oxygen atoms in total. The lowest BCUT2D eigenvalue weighted by Gasteiger charge is -2.09. The molecule has 1 N–H and O–H groups in total. The number of hydrogen-bond donors (Lipinski definition) is 1. The van der Waals surface area contributed by atoms with E-state index in [2.05, 4.69) is 27.5 Å². The fraction of sp³-hybridized carbons (Fsp3) is 0.214. The maximum Gasteiger partial charge on any atom is 0.206 e. The number of aromatic nitrogens is 4. The predicted octanol–water partition coefficient (Wildman–Crippen LogP) is 3.21. The van der Waals surface area contributed by atoms with E-state index in [4.69, 9.17) is 0 Å². The third-order valence-electron chi connectivity index (χ3n) is 2.99. The molecule has 20 heavy (non-hydrogen) atoms. The van der Waals surface area contributed by atoms with Gasteiger partial charge in [-0.2, -0.15) is 5.10 Å².